The maximum atomic E-state index is 13.0. The van der Waals surface area contributed by atoms with Gasteiger partial charge in [-0.15, -0.1) is 11.3 Å². The molecule has 3 aromatic heterocycles. The molecule has 5 rings (SSSR count). The number of carbonyl (C=O) groups excluding carboxylic acids is 1. The highest BCUT2D eigenvalue weighted by Crippen LogP contribution is 2.33. The normalized spacial score (nSPS) is 22.5. The lowest BCUT2D eigenvalue weighted by molar-refractivity contribution is 0.0938. The summed E-state index contributed by atoms with van der Waals surface area (Å²) in [5.74, 6) is 1.53. The van der Waals surface area contributed by atoms with Gasteiger partial charge in [-0.2, -0.15) is 0 Å². The molecule has 1 fully saturated rings. The smallest absolute Gasteiger partial charge is 0.263 e. The fraction of sp³-hybridized carbons (Fsp3) is 0.480. The highest BCUT2D eigenvalue weighted by Gasteiger charge is 2.33. The maximum absolute atomic E-state index is 13.0. The number of aromatic nitrogens is 2. The molecule has 0 unspecified atom stereocenters. The molecule has 0 saturated carbocycles. The summed E-state index contributed by atoms with van der Waals surface area (Å²) in [6.07, 6.45) is 3.68. The van der Waals surface area contributed by atoms with Gasteiger partial charge in [0.05, 0.1) is 18.3 Å². The van der Waals surface area contributed by atoms with Gasteiger partial charge in [0.1, 0.15) is 15.5 Å². The second-order valence-electron chi connectivity index (χ2n) is 9.32. The number of carbonyl (C=O) groups is 1. The van der Waals surface area contributed by atoms with Crippen LogP contribution in [0.3, 0.4) is 0 Å². The number of nitrogens with zero attached hydrogens (tertiary/aromatic N) is 3. The summed E-state index contributed by atoms with van der Waals surface area (Å²) in [4.78, 5) is 26.3. The summed E-state index contributed by atoms with van der Waals surface area (Å²) in [6, 6.07) is 8.63. The Balaban J connectivity index is 1.29. The van der Waals surface area contributed by atoms with Crippen molar-refractivity contribution in [1.82, 2.24) is 15.3 Å². The van der Waals surface area contributed by atoms with Gasteiger partial charge in [-0.1, -0.05) is 13.0 Å². The molecule has 0 bridgehead atoms. The zero-order valence-corrected chi connectivity index (χ0v) is 20.2. The van der Waals surface area contributed by atoms with Crippen LogP contribution in [0.15, 0.2) is 24.3 Å². The van der Waals surface area contributed by atoms with Gasteiger partial charge in [-0.3, -0.25) is 4.79 Å². The van der Waals surface area contributed by atoms with Crippen LogP contribution in [-0.2, 0) is 17.6 Å². The average Bonchev–Trinajstić information content (AvgIpc) is 3.33. The Hall–Kier alpha value is -2.71. The molecule has 0 radical (unpaired) electrons. The summed E-state index contributed by atoms with van der Waals surface area (Å²) in [5.41, 5.74) is 10.1. The Kier molecular flexibility index (Phi) is 5.97. The molecule has 174 valence electrons. The SMILES string of the molecule is COC[C@H]1[C@H](C)CCN1c1ccc2c(n1)CC[C@H](NC(=O)c1sc3nc(C)ccc3c1N)C2. The van der Waals surface area contributed by atoms with Gasteiger partial charge in [-0.25, -0.2) is 9.97 Å². The lowest BCUT2D eigenvalue weighted by Crippen LogP contribution is -2.39. The summed E-state index contributed by atoms with van der Waals surface area (Å²) in [6.45, 7) is 5.97. The Morgan fingerprint density at radius 1 is 1.27 bits per heavy atom. The molecule has 1 aliphatic carbocycles. The standard InChI is InChI=1S/C25H31N5O2S/c1-14-10-11-30(20(14)13-32-3)21-9-5-16-12-17(6-8-19(16)29-21)28-24(31)23-22(26)18-7-4-15(2)27-25(18)33-23/h4-5,7,9,14,17,20H,6,8,10-13,26H2,1-3H3,(H,28,31)/t14-,17+,20+/m1/s1. The molecule has 33 heavy (non-hydrogen) atoms. The van der Waals surface area contributed by atoms with Crippen LogP contribution in [0, 0.1) is 12.8 Å². The summed E-state index contributed by atoms with van der Waals surface area (Å²) >= 11 is 1.36. The topological polar surface area (TPSA) is 93.4 Å². The van der Waals surface area contributed by atoms with Crippen molar-refractivity contribution in [3.63, 3.8) is 0 Å². The molecule has 7 nitrogen and oxygen atoms in total. The van der Waals surface area contributed by atoms with Crippen molar-refractivity contribution in [2.45, 2.75) is 51.6 Å². The third-order valence-corrected chi connectivity index (χ3v) is 8.15. The number of nitrogen functional groups attached to an aromatic ring is 1. The number of anilines is 2. The summed E-state index contributed by atoms with van der Waals surface area (Å²) in [5, 5.41) is 4.05. The maximum Gasteiger partial charge on any atom is 0.263 e. The number of fused-ring (bicyclic) bond motifs is 2. The number of amides is 1. The van der Waals surface area contributed by atoms with Crippen molar-refractivity contribution in [3.8, 4) is 0 Å². The first-order valence-corrected chi connectivity index (χ1v) is 12.5. The van der Waals surface area contributed by atoms with Crippen LogP contribution in [0.4, 0.5) is 11.5 Å². The van der Waals surface area contributed by atoms with Crippen molar-refractivity contribution < 1.29 is 9.53 Å². The molecular weight excluding hydrogens is 434 g/mol. The lowest BCUT2D eigenvalue weighted by atomic mass is 9.91. The molecule has 3 N–H and O–H groups in total. The highest BCUT2D eigenvalue weighted by atomic mass is 32.1. The molecule has 2 aliphatic rings. The predicted molar refractivity (Wildman–Crippen MR) is 133 cm³/mol. The predicted octanol–water partition coefficient (Wildman–Crippen LogP) is 3.73. The zero-order valence-electron chi connectivity index (χ0n) is 19.4. The zero-order chi connectivity index (χ0) is 23.1. The number of ether oxygens (including phenoxy) is 1. The van der Waals surface area contributed by atoms with Crippen LogP contribution in [0.5, 0.6) is 0 Å². The fourth-order valence-corrected chi connectivity index (χ4v) is 6.15. The minimum Gasteiger partial charge on any atom is -0.397 e. The first kappa shape index (κ1) is 22.1. The minimum absolute atomic E-state index is 0.0741. The minimum atomic E-state index is -0.111. The van der Waals surface area contributed by atoms with E-state index in [0.717, 1.165) is 66.3 Å². The van der Waals surface area contributed by atoms with Crippen LogP contribution in [0.1, 0.15) is 46.4 Å². The van der Waals surface area contributed by atoms with E-state index in [1.54, 1.807) is 7.11 Å². The average molecular weight is 466 g/mol. The molecule has 0 aromatic carbocycles. The Morgan fingerprint density at radius 2 is 2.12 bits per heavy atom. The van der Waals surface area contributed by atoms with E-state index in [1.807, 2.05) is 19.1 Å². The van der Waals surface area contributed by atoms with Gasteiger partial charge in [0.15, 0.2) is 0 Å². The van der Waals surface area contributed by atoms with Gasteiger partial charge in [0, 0.05) is 36.5 Å². The third-order valence-electron chi connectivity index (χ3n) is 7.04. The van der Waals surface area contributed by atoms with Crippen LogP contribution >= 0.6 is 11.3 Å². The van der Waals surface area contributed by atoms with Gasteiger partial charge < -0.3 is 20.7 Å². The van der Waals surface area contributed by atoms with Crippen molar-refractivity contribution in [2.24, 2.45) is 5.92 Å². The Bertz CT molecular complexity index is 1190. The van der Waals surface area contributed by atoms with Crippen LogP contribution in [0.2, 0.25) is 0 Å². The van der Waals surface area contributed by atoms with Crippen LogP contribution in [0.25, 0.3) is 10.2 Å². The summed E-state index contributed by atoms with van der Waals surface area (Å²) in [7, 11) is 1.77. The van der Waals surface area contributed by atoms with E-state index in [4.69, 9.17) is 15.5 Å². The Labute approximate surface area is 198 Å². The molecular formula is C25H31N5O2S. The number of thiophene rings is 1. The molecule has 1 amide bonds. The second kappa shape index (κ2) is 8.91. The van der Waals surface area contributed by atoms with E-state index in [9.17, 15) is 4.79 Å². The number of nitrogens with one attached hydrogen (secondary N) is 1. The van der Waals surface area contributed by atoms with E-state index in [1.165, 1.54) is 16.9 Å². The van der Waals surface area contributed by atoms with E-state index >= 15 is 0 Å². The summed E-state index contributed by atoms with van der Waals surface area (Å²) < 4.78 is 5.46. The number of pyridine rings is 2. The van der Waals surface area contributed by atoms with Crippen LogP contribution in [-0.4, -0.2) is 48.2 Å². The van der Waals surface area contributed by atoms with Gasteiger partial charge in [-0.05, 0) is 62.3 Å². The Morgan fingerprint density at radius 3 is 2.94 bits per heavy atom. The monoisotopic (exact) mass is 465 g/mol. The molecule has 4 heterocycles. The van der Waals surface area contributed by atoms with Gasteiger partial charge in [0.25, 0.3) is 5.91 Å². The van der Waals surface area contributed by atoms with Crippen molar-refractivity contribution in [1.29, 1.82) is 0 Å². The molecule has 0 spiro atoms. The molecule has 1 aliphatic heterocycles. The van der Waals surface area contributed by atoms with Crippen molar-refractivity contribution in [2.75, 3.05) is 30.9 Å². The number of aryl methyl sites for hydroxylation is 2. The van der Waals surface area contributed by atoms with Crippen LogP contribution < -0.4 is 16.0 Å². The number of nitrogens with two attached hydrogens (primary N) is 1. The van der Waals surface area contributed by atoms with E-state index in [0.29, 0.717) is 22.5 Å². The van der Waals surface area contributed by atoms with E-state index in [2.05, 4.69) is 34.3 Å². The fourth-order valence-electron chi connectivity index (χ4n) is 5.11. The number of hydrogen-bond donors (Lipinski definition) is 2. The first-order valence-electron chi connectivity index (χ1n) is 11.7. The molecule has 3 atom stereocenters. The quantitative estimate of drug-likeness (QED) is 0.596. The number of methoxy groups -OCH3 is 1. The third kappa shape index (κ3) is 4.17. The molecule has 3 aromatic rings. The largest absolute Gasteiger partial charge is 0.397 e. The molecule has 8 heteroatoms. The van der Waals surface area contributed by atoms with E-state index in [-0.39, 0.29) is 11.9 Å². The lowest BCUT2D eigenvalue weighted by Gasteiger charge is -2.30. The van der Waals surface area contributed by atoms with Crippen molar-refractivity contribution >= 4 is 39.0 Å². The van der Waals surface area contributed by atoms with E-state index < -0.39 is 0 Å². The van der Waals surface area contributed by atoms with Gasteiger partial charge >= 0.3 is 0 Å². The highest BCUT2D eigenvalue weighted by molar-refractivity contribution is 7.21. The van der Waals surface area contributed by atoms with Crippen molar-refractivity contribution in [3.05, 3.63) is 46.1 Å². The molecule has 1 saturated heterocycles. The first-order chi connectivity index (χ1) is 15.9. The number of hydrogen-bond acceptors (Lipinski definition) is 7. The second-order valence-corrected chi connectivity index (χ2v) is 10.3. The number of rotatable bonds is 5. The van der Waals surface area contributed by atoms with Gasteiger partial charge in [0.2, 0.25) is 0 Å².